The SMILES string of the molecule is CN1C(=O)c2ccccc2[C@@H](C(=O)Nc2ccc(F)cc2F)[C@@H]1c1c[nH]c2ccccc12. The molecule has 0 unspecified atom stereocenters. The number of amides is 2. The summed E-state index contributed by atoms with van der Waals surface area (Å²) >= 11 is 0. The average molecular weight is 431 g/mol. The van der Waals surface area contributed by atoms with E-state index in [9.17, 15) is 18.4 Å². The summed E-state index contributed by atoms with van der Waals surface area (Å²) in [5.41, 5.74) is 2.53. The van der Waals surface area contributed by atoms with Gasteiger partial charge in [-0.3, -0.25) is 9.59 Å². The lowest BCUT2D eigenvalue weighted by molar-refractivity contribution is -0.119. The van der Waals surface area contributed by atoms with Gasteiger partial charge < -0.3 is 15.2 Å². The number of anilines is 1. The monoisotopic (exact) mass is 431 g/mol. The largest absolute Gasteiger partial charge is 0.361 e. The smallest absolute Gasteiger partial charge is 0.254 e. The van der Waals surface area contributed by atoms with Gasteiger partial charge in [0.25, 0.3) is 5.91 Å². The molecule has 3 aromatic carbocycles. The highest BCUT2D eigenvalue weighted by Gasteiger charge is 2.43. The number of fused-ring (bicyclic) bond motifs is 2. The highest BCUT2D eigenvalue weighted by molar-refractivity contribution is 6.05. The van der Waals surface area contributed by atoms with Crippen molar-refractivity contribution in [2.24, 2.45) is 0 Å². The summed E-state index contributed by atoms with van der Waals surface area (Å²) in [6.07, 6.45) is 1.80. The molecule has 2 heterocycles. The van der Waals surface area contributed by atoms with Crippen LogP contribution in [0.15, 0.2) is 72.9 Å². The molecule has 2 N–H and O–H groups in total. The molecule has 1 aliphatic rings. The quantitative estimate of drug-likeness (QED) is 0.480. The fraction of sp³-hybridized carbons (Fsp3) is 0.120. The maximum atomic E-state index is 14.3. The van der Waals surface area contributed by atoms with Crippen molar-refractivity contribution >= 4 is 28.4 Å². The molecule has 0 fully saturated rings. The third-order valence-electron chi connectivity index (χ3n) is 5.99. The lowest BCUT2D eigenvalue weighted by Crippen LogP contribution is -2.44. The van der Waals surface area contributed by atoms with Gasteiger partial charge in [0, 0.05) is 41.3 Å². The highest BCUT2D eigenvalue weighted by Crippen LogP contribution is 2.44. The molecule has 2 amide bonds. The van der Waals surface area contributed by atoms with Gasteiger partial charge >= 0.3 is 0 Å². The summed E-state index contributed by atoms with van der Waals surface area (Å²) in [7, 11) is 1.66. The summed E-state index contributed by atoms with van der Waals surface area (Å²) in [5, 5.41) is 3.49. The lowest BCUT2D eigenvalue weighted by atomic mass is 9.79. The first-order chi connectivity index (χ1) is 15.5. The number of carbonyl (C=O) groups excluding carboxylic acids is 2. The van der Waals surface area contributed by atoms with Crippen molar-refractivity contribution in [3.05, 3.63) is 101 Å². The summed E-state index contributed by atoms with van der Waals surface area (Å²) in [6.45, 7) is 0. The van der Waals surface area contributed by atoms with Gasteiger partial charge in [0.1, 0.15) is 11.6 Å². The number of carbonyl (C=O) groups is 2. The molecule has 0 radical (unpaired) electrons. The Balaban J connectivity index is 1.65. The first-order valence-electron chi connectivity index (χ1n) is 10.1. The molecule has 0 aliphatic carbocycles. The van der Waals surface area contributed by atoms with Crippen LogP contribution in [0.3, 0.4) is 0 Å². The average Bonchev–Trinajstić information content (AvgIpc) is 3.21. The fourth-order valence-electron chi connectivity index (χ4n) is 4.49. The van der Waals surface area contributed by atoms with Crippen LogP contribution >= 0.6 is 0 Å². The number of likely N-dealkylation sites (N-methyl/N-ethyl adjacent to an activating group) is 1. The van der Waals surface area contributed by atoms with Crippen LogP contribution in [-0.2, 0) is 4.79 Å². The third-order valence-corrected chi connectivity index (χ3v) is 5.99. The van der Waals surface area contributed by atoms with E-state index >= 15 is 0 Å². The van der Waals surface area contributed by atoms with E-state index in [1.54, 1.807) is 42.4 Å². The van der Waals surface area contributed by atoms with Gasteiger partial charge in [-0.2, -0.15) is 0 Å². The number of benzene rings is 3. The van der Waals surface area contributed by atoms with Crippen molar-refractivity contribution in [1.82, 2.24) is 9.88 Å². The Kier molecular flexibility index (Phi) is 4.74. The minimum atomic E-state index is -0.865. The maximum Gasteiger partial charge on any atom is 0.254 e. The van der Waals surface area contributed by atoms with E-state index in [0.717, 1.165) is 28.6 Å². The van der Waals surface area contributed by atoms with Crippen molar-refractivity contribution in [2.45, 2.75) is 12.0 Å². The molecule has 5 nitrogen and oxygen atoms in total. The van der Waals surface area contributed by atoms with Crippen LogP contribution in [0.5, 0.6) is 0 Å². The van der Waals surface area contributed by atoms with Crippen LogP contribution in [0.4, 0.5) is 14.5 Å². The minimum Gasteiger partial charge on any atom is -0.361 e. The van der Waals surface area contributed by atoms with Crippen LogP contribution in [0, 0.1) is 11.6 Å². The zero-order valence-electron chi connectivity index (χ0n) is 17.1. The van der Waals surface area contributed by atoms with Crippen molar-refractivity contribution in [3.63, 3.8) is 0 Å². The number of nitrogens with one attached hydrogen (secondary N) is 2. The molecule has 1 aromatic heterocycles. The third kappa shape index (κ3) is 3.13. The lowest BCUT2D eigenvalue weighted by Gasteiger charge is -2.39. The number of aromatic amines is 1. The number of rotatable bonds is 3. The Hall–Kier alpha value is -4.00. The van der Waals surface area contributed by atoms with Gasteiger partial charge in [0.15, 0.2) is 0 Å². The van der Waals surface area contributed by atoms with Gasteiger partial charge in [-0.05, 0) is 29.8 Å². The van der Waals surface area contributed by atoms with E-state index < -0.39 is 29.5 Å². The van der Waals surface area contributed by atoms with Crippen molar-refractivity contribution < 1.29 is 18.4 Å². The molecule has 32 heavy (non-hydrogen) atoms. The Bertz CT molecular complexity index is 1360. The molecule has 0 saturated carbocycles. The van der Waals surface area contributed by atoms with Gasteiger partial charge in [-0.15, -0.1) is 0 Å². The maximum absolute atomic E-state index is 14.3. The van der Waals surface area contributed by atoms with E-state index in [2.05, 4.69) is 10.3 Å². The molecule has 1 aliphatic heterocycles. The number of aromatic nitrogens is 1. The van der Waals surface area contributed by atoms with Crippen LogP contribution in [-0.4, -0.2) is 28.7 Å². The molecule has 160 valence electrons. The van der Waals surface area contributed by atoms with Gasteiger partial charge in [-0.1, -0.05) is 36.4 Å². The summed E-state index contributed by atoms with van der Waals surface area (Å²) < 4.78 is 27.6. The molecule has 0 spiro atoms. The molecule has 7 heteroatoms. The van der Waals surface area contributed by atoms with E-state index in [4.69, 9.17) is 0 Å². The molecule has 0 saturated heterocycles. The topological polar surface area (TPSA) is 65.2 Å². The second-order valence-electron chi connectivity index (χ2n) is 7.83. The van der Waals surface area contributed by atoms with Crippen LogP contribution in [0.25, 0.3) is 10.9 Å². The second kappa shape index (κ2) is 7.60. The standard InChI is InChI=1S/C25H19F2N3O2/c1-30-23(18-13-28-20-9-5-4-6-15(18)20)22(16-7-2-3-8-17(16)25(30)32)24(31)29-21-11-10-14(26)12-19(21)27/h2-13,22-23,28H,1H3,(H,29,31)/t22-,23+/m1/s1. The van der Waals surface area contributed by atoms with E-state index in [0.29, 0.717) is 11.1 Å². The van der Waals surface area contributed by atoms with Crippen LogP contribution in [0.2, 0.25) is 0 Å². The summed E-state index contributed by atoms with van der Waals surface area (Å²) in [5.74, 6) is -3.09. The Labute approximate surface area is 182 Å². The molecular formula is C25H19F2N3O2. The van der Waals surface area contributed by atoms with Gasteiger partial charge in [0.05, 0.1) is 17.6 Å². The predicted octanol–water partition coefficient (Wildman–Crippen LogP) is 5.00. The summed E-state index contributed by atoms with van der Waals surface area (Å²) in [4.78, 5) is 31.4. The molecule has 5 rings (SSSR count). The predicted molar refractivity (Wildman–Crippen MR) is 117 cm³/mol. The summed E-state index contributed by atoms with van der Waals surface area (Å²) in [6, 6.07) is 16.9. The normalized spacial score (nSPS) is 18.0. The second-order valence-corrected chi connectivity index (χ2v) is 7.83. The van der Waals surface area contributed by atoms with Crippen LogP contribution < -0.4 is 5.32 Å². The molecule has 0 bridgehead atoms. The first kappa shape index (κ1) is 19.9. The zero-order chi connectivity index (χ0) is 22.4. The van der Waals surface area contributed by atoms with E-state index in [1.165, 1.54) is 6.07 Å². The van der Waals surface area contributed by atoms with Gasteiger partial charge in [-0.25, -0.2) is 8.78 Å². The Morgan fingerprint density at radius 3 is 2.56 bits per heavy atom. The number of H-pyrrole nitrogens is 1. The molecule has 2 atom stereocenters. The van der Waals surface area contributed by atoms with Crippen LogP contribution in [0.1, 0.15) is 33.4 Å². The van der Waals surface area contributed by atoms with Crippen molar-refractivity contribution in [2.75, 3.05) is 12.4 Å². The number of hydrogen-bond donors (Lipinski definition) is 2. The van der Waals surface area contributed by atoms with E-state index in [-0.39, 0.29) is 11.6 Å². The number of para-hydroxylation sites is 1. The number of hydrogen-bond acceptors (Lipinski definition) is 2. The van der Waals surface area contributed by atoms with Crippen molar-refractivity contribution in [3.8, 4) is 0 Å². The first-order valence-corrected chi connectivity index (χ1v) is 10.1. The minimum absolute atomic E-state index is 0.119. The Morgan fingerprint density at radius 2 is 1.75 bits per heavy atom. The fourth-order valence-corrected chi connectivity index (χ4v) is 4.49. The van der Waals surface area contributed by atoms with Gasteiger partial charge in [0.2, 0.25) is 5.91 Å². The van der Waals surface area contributed by atoms with Crippen molar-refractivity contribution in [1.29, 1.82) is 0 Å². The number of nitrogens with zero attached hydrogens (tertiary/aromatic N) is 1. The highest BCUT2D eigenvalue weighted by atomic mass is 19.1. The Morgan fingerprint density at radius 1 is 1.00 bits per heavy atom. The van der Waals surface area contributed by atoms with E-state index in [1.807, 2.05) is 24.3 Å². The zero-order valence-corrected chi connectivity index (χ0v) is 17.1. The molecule has 4 aromatic rings. The molecular weight excluding hydrogens is 412 g/mol. The number of halogens is 2.